The molecule has 16 heavy (non-hydrogen) atoms. The summed E-state index contributed by atoms with van der Waals surface area (Å²) in [5.74, 6) is 0. The van der Waals surface area contributed by atoms with Crippen molar-refractivity contribution in [1.82, 2.24) is 4.90 Å². The number of carbonyl (C=O) groups is 1. The highest BCUT2D eigenvalue weighted by Gasteiger charge is 2.52. The molecule has 0 aliphatic heterocycles. The highest BCUT2D eigenvalue weighted by molar-refractivity contribution is 5.85. The predicted octanol–water partition coefficient (Wildman–Crippen LogP) is 2.18. The first-order chi connectivity index (χ1) is 7.19. The molecule has 2 fully saturated rings. The monoisotopic (exact) mass is 243 g/mol. The van der Waals surface area contributed by atoms with Gasteiger partial charge in [-0.15, -0.1) is 12.4 Å². The van der Waals surface area contributed by atoms with Crippen LogP contribution < -0.4 is 5.73 Å². The molecule has 0 bridgehead atoms. The average molecular weight is 244 g/mol. The SMILES string of the molecule is Cl.N#CC1(N(C(N)=O)C2CCCCC2)CC1. The Morgan fingerprint density at radius 2 is 1.88 bits per heavy atom. The molecule has 2 amide bonds. The summed E-state index contributed by atoms with van der Waals surface area (Å²) < 4.78 is 0. The molecule has 2 N–H and O–H groups in total. The Morgan fingerprint density at radius 1 is 1.31 bits per heavy atom. The van der Waals surface area contributed by atoms with Crippen molar-refractivity contribution in [3.63, 3.8) is 0 Å². The lowest BCUT2D eigenvalue weighted by atomic mass is 9.93. The summed E-state index contributed by atoms with van der Waals surface area (Å²) in [6.07, 6.45) is 7.14. The predicted molar refractivity (Wildman–Crippen MR) is 63.1 cm³/mol. The summed E-state index contributed by atoms with van der Waals surface area (Å²) in [5.41, 5.74) is 4.86. The Bertz CT molecular complexity index is 303. The maximum absolute atomic E-state index is 11.4. The fourth-order valence-electron chi connectivity index (χ4n) is 2.60. The van der Waals surface area contributed by atoms with Crippen molar-refractivity contribution in [2.24, 2.45) is 5.73 Å². The minimum absolute atomic E-state index is 0. The molecule has 2 aliphatic carbocycles. The molecular formula is C11H18ClN3O. The van der Waals surface area contributed by atoms with E-state index in [-0.39, 0.29) is 18.4 Å². The molecule has 90 valence electrons. The number of urea groups is 1. The number of rotatable bonds is 2. The van der Waals surface area contributed by atoms with Gasteiger partial charge in [0.15, 0.2) is 0 Å². The van der Waals surface area contributed by atoms with Gasteiger partial charge in [0, 0.05) is 6.04 Å². The molecule has 0 radical (unpaired) electrons. The third-order valence-corrected chi connectivity index (χ3v) is 3.57. The minimum Gasteiger partial charge on any atom is -0.351 e. The summed E-state index contributed by atoms with van der Waals surface area (Å²) in [6.45, 7) is 0. The molecule has 0 aromatic rings. The van der Waals surface area contributed by atoms with Crippen molar-refractivity contribution >= 4 is 18.4 Å². The van der Waals surface area contributed by atoms with Gasteiger partial charge in [-0.3, -0.25) is 0 Å². The second kappa shape index (κ2) is 4.92. The van der Waals surface area contributed by atoms with E-state index in [4.69, 9.17) is 11.0 Å². The number of nitrogens with zero attached hydrogens (tertiary/aromatic N) is 2. The highest BCUT2D eigenvalue weighted by Crippen LogP contribution is 2.44. The zero-order valence-corrected chi connectivity index (χ0v) is 10.1. The molecule has 0 heterocycles. The molecular weight excluding hydrogens is 226 g/mol. The second-order valence-electron chi connectivity index (χ2n) is 4.64. The largest absolute Gasteiger partial charge is 0.351 e. The lowest BCUT2D eigenvalue weighted by Gasteiger charge is -2.36. The van der Waals surface area contributed by atoms with Crippen LogP contribution in [0.1, 0.15) is 44.9 Å². The molecule has 2 aliphatic rings. The van der Waals surface area contributed by atoms with Gasteiger partial charge >= 0.3 is 6.03 Å². The zero-order chi connectivity index (χ0) is 10.9. The maximum atomic E-state index is 11.4. The second-order valence-corrected chi connectivity index (χ2v) is 4.64. The average Bonchev–Trinajstić information content (AvgIpc) is 3.00. The van der Waals surface area contributed by atoms with Crippen LogP contribution in [0.5, 0.6) is 0 Å². The molecule has 5 heteroatoms. The van der Waals surface area contributed by atoms with Crippen LogP contribution in [0.25, 0.3) is 0 Å². The van der Waals surface area contributed by atoms with Crippen LogP contribution in [0.4, 0.5) is 4.79 Å². The van der Waals surface area contributed by atoms with Crippen molar-refractivity contribution in [3.8, 4) is 6.07 Å². The van der Waals surface area contributed by atoms with Gasteiger partial charge in [-0.25, -0.2) is 4.79 Å². The molecule has 0 aromatic carbocycles. The van der Waals surface area contributed by atoms with E-state index in [2.05, 4.69) is 6.07 Å². The van der Waals surface area contributed by atoms with E-state index in [1.807, 2.05) is 0 Å². The van der Waals surface area contributed by atoms with Crippen molar-refractivity contribution in [2.75, 3.05) is 0 Å². The van der Waals surface area contributed by atoms with Crippen LogP contribution in [0.2, 0.25) is 0 Å². The summed E-state index contributed by atoms with van der Waals surface area (Å²) in [7, 11) is 0. The van der Waals surface area contributed by atoms with Gasteiger partial charge in [0.05, 0.1) is 6.07 Å². The van der Waals surface area contributed by atoms with Crippen molar-refractivity contribution in [3.05, 3.63) is 0 Å². The van der Waals surface area contributed by atoms with Crippen molar-refractivity contribution in [1.29, 1.82) is 5.26 Å². The van der Waals surface area contributed by atoms with E-state index in [0.717, 1.165) is 38.5 Å². The molecule has 0 aromatic heterocycles. The van der Waals surface area contributed by atoms with Gasteiger partial charge in [0.25, 0.3) is 0 Å². The lowest BCUT2D eigenvalue weighted by Crippen LogP contribution is -2.51. The summed E-state index contributed by atoms with van der Waals surface area (Å²) in [5, 5.41) is 9.11. The van der Waals surface area contributed by atoms with Crippen molar-refractivity contribution in [2.45, 2.75) is 56.5 Å². The first-order valence-electron chi connectivity index (χ1n) is 5.70. The Labute approximate surface area is 102 Å². The fourth-order valence-corrected chi connectivity index (χ4v) is 2.60. The molecule has 0 unspecified atom stereocenters. The first-order valence-corrected chi connectivity index (χ1v) is 5.70. The normalized spacial score (nSPS) is 22.7. The number of amides is 2. The number of carbonyl (C=O) groups excluding carboxylic acids is 1. The lowest BCUT2D eigenvalue weighted by molar-refractivity contribution is 0.139. The Balaban J connectivity index is 0.00000128. The van der Waals surface area contributed by atoms with Gasteiger partial charge in [0.2, 0.25) is 0 Å². The molecule has 0 atom stereocenters. The van der Waals surface area contributed by atoms with E-state index < -0.39 is 11.6 Å². The van der Waals surface area contributed by atoms with E-state index in [1.54, 1.807) is 4.90 Å². The topological polar surface area (TPSA) is 70.1 Å². The van der Waals surface area contributed by atoms with Crippen molar-refractivity contribution < 1.29 is 4.79 Å². The fraction of sp³-hybridized carbons (Fsp3) is 0.818. The van der Waals surface area contributed by atoms with Gasteiger partial charge in [-0.2, -0.15) is 5.26 Å². The van der Waals surface area contributed by atoms with Gasteiger partial charge in [-0.1, -0.05) is 19.3 Å². The highest BCUT2D eigenvalue weighted by atomic mass is 35.5. The van der Waals surface area contributed by atoms with E-state index in [1.165, 1.54) is 6.42 Å². The van der Waals surface area contributed by atoms with Gasteiger partial charge < -0.3 is 10.6 Å². The zero-order valence-electron chi connectivity index (χ0n) is 9.32. The number of hydrogen-bond donors (Lipinski definition) is 1. The molecule has 2 rings (SSSR count). The smallest absolute Gasteiger partial charge is 0.316 e. The minimum atomic E-state index is -0.548. The van der Waals surface area contributed by atoms with E-state index in [0.29, 0.717) is 0 Å². The number of nitriles is 1. The van der Waals surface area contributed by atoms with E-state index >= 15 is 0 Å². The van der Waals surface area contributed by atoms with Crippen LogP contribution in [0.3, 0.4) is 0 Å². The number of primary amides is 1. The Kier molecular flexibility index (Phi) is 4.03. The summed E-state index contributed by atoms with van der Waals surface area (Å²) in [6, 6.07) is 2.05. The summed E-state index contributed by atoms with van der Waals surface area (Å²) >= 11 is 0. The molecule has 0 spiro atoms. The first kappa shape index (κ1) is 13.1. The van der Waals surface area contributed by atoms with Crippen LogP contribution in [-0.2, 0) is 0 Å². The third-order valence-electron chi connectivity index (χ3n) is 3.57. The molecule has 0 saturated heterocycles. The Morgan fingerprint density at radius 3 is 2.25 bits per heavy atom. The summed E-state index contributed by atoms with van der Waals surface area (Å²) in [4.78, 5) is 13.1. The quantitative estimate of drug-likeness (QED) is 0.808. The number of hydrogen-bond acceptors (Lipinski definition) is 2. The van der Waals surface area contributed by atoms with Crippen LogP contribution >= 0.6 is 12.4 Å². The molecule has 2 saturated carbocycles. The third kappa shape index (κ3) is 2.25. The Hall–Kier alpha value is -0.950. The van der Waals surface area contributed by atoms with Crippen LogP contribution in [-0.4, -0.2) is 22.5 Å². The number of halogens is 1. The van der Waals surface area contributed by atoms with Gasteiger partial charge in [0.1, 0.15) is 5.54 Å². The van der Waals surface area contributed by atoms with E-state index in [9.17, 15) is 4.79 Å². The number of nitrogens with two attached hydrogens (primary N) is 1. The van der Waals surface area contributed by atoms with Crippen LogP contribution in [0.15, 0.2) is 0 Å². The van der Waals surface area contributed by atoms with Crippen LogP contribution in [0, 0.1) is 11.3 Å². The molecule has 4 nitrogen and oxygen atoms in total. The van der Waals surface area contributed by atoms with Gasteiger partial charge in [-0.05, 0) is 25.7 Å². The standard InChI is InChI=1S/C11H17N3O.ClH/c12-8-11(6-7-11)14(10(13)15)9-4-2-1-3-5-9;/h9H,1-7H2,(H2,13,15);1H. The maximum Gasteiger partial charge on any atom is 0.316 e.